The second-order valence-corrected chi connectivity index (χ2v) is 1.90. The molecule has 0 spiro atoms. The summed E-state index contributed by atoms with van der Waals surface area (Å²) in [5.74, 6) is 5.77. The fourth-order valence-electron chi connectivity index (χ4n) is 0.542. The van der Waals surface area contributed by atoms with Gasteiger partial charge in [0.15, 0.2) is 0 Å². The van der Waals surface area contributed by atoms with Crippen molar-refractivity contribution in [1.29, 1.82) is 0 Å². The predicted molar refractivity (Wildman–Crippen MR) is 43.4 cm³/mol. The molecule has 0 aliphatic carbocycles. The average Bonchev–Trinajstić information content (AvgIpc) is 2.03. The van der Waals surface area contributed by atoms with Crippen molar-refractivity contribution in [3.63, 3.8) is 0 Å². The van der Waals surface area contributed by atoms with Crippen LogP contribution in [0.15, 0.2) is 4.99 Å². The zero-order chi connectivity index (χ0) is 8.53. The number of ether oxygens (including phenoxy) is 2. The summed E-state index contributed by atoms with van der Waals surface area (Å²) in [6.45, 7) is 1.59. The number of aliphatic imine (C=N–C) groups is 1. The van der Waals surface area contributed by atoms with E-state index in [0.717, 1.165) is 0 Å². The van der Waals surface area contributed by atoms with Gasteiger partial charge in [-0.15, -0.1) is 0 Å². The number of rotatable bonds is 5. The van der Waals surface area contributed by atoms with Crippen molar-refractivity contribution in [2.45, 2.75) is 0 Å². The van der Waals surface area contributed by atoms with Crippen LogP contribution in [0.5, 0.6) is 0 Å². The molecular formula is C6H15N3O2. The van der Waals surface area contributed by atoms with Crippen LogP contribution in [0.2, 0.25) is 0 Å². The van der Waals surface area contributed by atoms with Gasteiger partial charge in [-0.1, -0.05) is 0 Å². The summed E-state index contributed by atoms with van der Waals surface area (Å²) in [7, 11) is 3.21. The Labute approximate surface area is 66.5 Å². The third-order valence-electron chi connectivity index (χ3n) is 1.05. The number of amidine groups is 1. The maximum atomic E-state index is 5.14. The van der Waals surface area contributed by atoms with Crippen LogP contribution in [-0.2, 0) is 9.47 Å². The van der Waals surface area contributed by atoms with Crippen molar-refractivity contribution in [2.24, 2.45) is 10.8 Å². The summed E-state index contributed by atoms with van der Waals surface area (Å²) in [4.78, 5) is 4.05. The number of nitrogens with zero attached hydrogens (tertiary/aromatic N) is 1. The molecule has 0 atom stereocenters. The van der Waals surface area contributed by atoms with E-state index < -0.39 is 0 Å². The highest BCUT2D eigenvalue weighted by molar-refractivity contribution is 5.82. The first-order chi connectivity index (χ1) is 5.35. The Morgan fingerprint density at radius 3 is 2.64 bits per heavy atom. The third kappa shape index (κ3) is 5.78. The Morgan fingerprint density at radius 1 is 1.45 bits per heavy atom. The highest BCUT2D eigenvalue weighted by Gasteiger charge is 1.92. The molecule has 0 saturated carbocycles. The monoisotopic (exact) mass is 161 g/mol. The summed E-state index contributed by atoms with van der Waals surface area (Å²) < 4.78 is 9.61. The van der Waals surface area contributed by atoms with Gasteiger partial charge < -0.3 is 14.9 Å². The number of hydrazine groups is 1. The van der Waals surface area contributed by atoms with Crippen LogP contribution in [0, 0.1) is 0 Å². The first-order valence-corrected chi connectivity index (χ1v) is 3.33. The number of nitrogens with one attached hydrogen (secondary N) is 1. The summed E-state index contributed by atoms with van der Waals surface area (Å²) >= 11 is 0. The summed E-state index contributed by atoms with van der Waals surface area (Å²) in [5, 5.41) is 0. The summed E-state index contributed by atoms with van der Waals surface area (Å²) in [5.41, 5.74) is 2.43. The molecule has 0 unspecified atom stereocenters. The topological polar surface area (TPSA) is 68.9 Å². The van der Waals surface area contributed by atoms with Gasteiger partial charge >= 0.3 is 0 Å². The zero-order valence-electron chi connectivity index (χ0n) is 6.96. The molecule has 5 heteroatoms. The Balaban J connectivity index is 3.52. The molecule has 0 aliphatic heterocycles. The third-order valence-corrected chi connectivity index (χ3v) is 1.05. The van der Waals surface area contributed by atoms with Gasteiger partial charge in [0.2, 0.25) is 0 Å². The van der Waals surface area contributed by atoms with Gasteiger partial charge in [0.05, 0.1) is 13.2 Å². The zero-order valence-corrected chi connectivity index (χ0v) is 6.96. The average molecular weight is 161 g/mol. The van der Waals surface area contributed by atoms with Gasteiger partial charge in [0, 0.05) is 14.2 Å². The number of methoxy groups -OCH3 is 2. The van der Waals surface area contributed by atoms with Crippen LogP contribution < -0.4 is 11.3 Å². The molecule has 0 aromatic rings. The number of hydrogen-bond donors (Lipinski definition) is 2. The van der Waals surface area contributed by atoms with E-state index in [1.54, 1.807) is 14.2 Å². The first kappa shape index (κ1) is 10.3. The molecule has 0 fully saturated rings. The van der Waals surface area contributed by atoms with Crippen molar-refractivity contribution in [1.82, 2.24) is 5.43 Å². The molecule has 0 aliphatic rings. The van der Waals surface area contributed by atoms with Crippen LogP contribution in [0.1, 0.15) is 0 Å². The maximum absolute atomic E-state index is 5.14. The van der Waals surface area contributed by atoms with Gasteiger partial charge in [-0.2, -0.15) is 0 Å². The molecular weight excluding hydrogens is 146 g/mol. The fourth-order valence-corrected chi connectivity index (χ4v) is 0.542. The number of hydrogen-bond acceptors (Lipinski definition) is 4. The van der Waals surface area contributed by atoms with E-state index in [1.807, 2.05) is 0 Å². The fraction of sp³-hybridized carbons (Fsp3) is 0.833. The molecule has 0 aromatic carbocycles. The van der Waals surface area contributed by atoms with E-state index in [4.69, 9.17) is 15.3 Å². The second kappa shape index (κ2) is 7.46. The van der Waals surface area contributed by atoms with Crippen molar-refractivity contribution in [3.05, 3.63) is 0 Å². The van der Waals surface area contributed by atoms with Crippen molar-refractivity contribution >= 4 is 5.84 Å². The van der Waals surface area contributed by atoms with Gasteiger partial charge in [-0.25, -0.2) is 5.84 Å². The standard InChI is InChI=1S/C6H15N3O2/c1-10-4-3-8-6(9-7)5-11-2/h3-5,7H2,1-2H3,(H,8,9). The quantitative estimate of drug-likeness (QED) is 0.181. The molecule has 0 radical (unpaired) electrons. The lowest BCUT2D eigenvalue weighted by Gasteiger charge is -2.03. The summed E-state index contributed by atoms with van der Waals surface area (Å²) in [6.07, 6.45) is 0. The molecule has 0 saturated heterocycles. The smallest absolute Gasteiger partial charge is 0.137 e. The van der Waals surface area contributed by atoms with E-state index >= 15 is 0 Å². The Hall–Kier alpha value is -0.650. The highest BCUT2D eigenvalue weighted by atomic mass is 16.5. The van der Waals surface area contributed by atoms with E-state index in [0.29, 0.717) is 25.6 Å². The normalized spacial score (nSPS) is 11.7. The second-order valence-electron chi connectivity index (χ2n) is 1.90. The maximum Gasteiger partial charge on any atom is 0.137 e. The van der Waals surface area contributed by atoms with Crippen molar-refractivity contribution < 1.29 is 9.47 Å². The van der Waals surface area contributed by atoms with Gasteiger partial charge in [0.25, 0.3) is 0 Å². The Bertz CT molecular complexity index is 116. The van der Waals surface area contributed by atoms with Crippen LogP contribution in [0.4, 0.5) is 0 Å². The largest absolute Gasteiger partial charge is 0.383 e. The lowest BCUT2D eigenvalue weighted by atomic mass is 10.6. The highest BCUT2D eigenvalue weighted by Crippen LogP contribution is 1.76. The van der Waals surface area contributed by atoms with Gasteiger partial charge in [-0.3, -0.25) is 4.99 Å². The molecule has 66 valence electrons. The molecule has 0 aromatic heterocycles. The first-order valence-electron chi connectivity index (χ1n) is 3.33. The van der Waals surface area contributed by atoms with Crippen molar-refractivity contribution in [3.8, 4) is 0 Å². The van der Waals surface area contributed by atoms with E-state index in [9.17, 15) is 0 Å². The minimum atomic E-state index is 0.403. The molecule has 0 amide bonds. The van der Waals surface area contributed by atoms with Gasteiger partial charge in [0.1, 0.15) is 12.4 Å². The van der Waals surface area contributed by atoms with E-state index in [2.05, 4.69) is 10.4 Å². The molecule has 0 rings (SSSR count). The van der Waals surface area contributed by atoms with E-state index in [1.165, 1.54) is 0 Å². The lowest BCUT2D eigenvalue weighted by Crippen LogP contribution is -2.34. The van der Waals surface area contributed by atoms with Crippen LogP contribution >= 0.6 is 0 Å². The minimum absolute atomic E-state index is 0.403. The van der Waals surface area contributed by atoms with Crippen molar-refractivity contribution in [2.75, 3.05) is 34.0 Å². The Kier molecular flexibility index (Phi) is 7.02. The lowest BCUT2D eigenvalue weighted by molar-refractivity contribution is 0.207. The Morgan fingerprint density at radius 2 is 2.18 bits per heavy atom. The van der Waals surface area contributed by atoms with E-state index in [-0.39, 0.29) is 0 Å². The minimum Gasteiger partial charge on any atom is -0.383 e. The molecule has 5 nitrogen and oxygen atoms in total. The molecule has 11 heavy (non-hydrogen) atoms. The predicted octanol–water partition coefficient (Wildman–Crippen LogP) is -0.859. The SMILES string of the molecule is COCCN=C(COC)NN. The molecule has 0 heterocycles. The van der Waals surface area contributed by atoms with Crippen LogP contribution in [0.25, 0.3) is 0 Å². The van der Waals surface area contributed by atoms with Crippen LogP contribution in [-0.4, -0.2) is 39.8 Å². The summed E-state index contributed by atoms with van der Waals surface area (Å²) in [6, 6.07) is 0. The van der Waals surface area contributed by atoms with Gasteiger partial charge in [-0.05, 0) is 0 Å². The molecule has 3 N–H and O–H groups in total. The molecule has 0 bridgehead atoms. The van der Waals surface area contributed by atoms with Crippen LogP contribution in [0.3, 0.4) is 0 Å². The number of nitrogens with two attached hydrogens (primary N) is 1.